The monoisotopic (exact) mass is 424 g/mol. The quantitative estimate of drug-likeness (QED) is 0.466. The molecule has 3 rings (SSSR count). The second-order valence-corrected chi connectivity index (χ2v) is 10.5. The third-order valence-electron chi connectivity index (χ3n) is 6.14. The van der Waals surface area contributed by atoms with Crippen LogP contribution in [0.25, 0.3) is 0 Å². The first kappa shape index (κ1) is 22.0. The summed E-state index contributed by atoms with van der Waals surface area (Å²) in [4.78, 5) is 13.1. The Bertz CT molecular complexity index is 829. The molecule has 2 fully saturated rings. The molecule has 29 heavy (non-hydrogen) atoms. The topological polar surface area (TPSA) is 105 Å². The summed E-state index contributed by atoms with van der Waals surface area (Å²) < 4.78 is 28.2. The van der Waals surface area contributed by atoms with E-state index in [0.29, 0.717) is 30.1 Å². The van der Waals surface area contributed by atoms with Crippen molar-refractivity contribution in [1.82, 2.24) is 9.62 Å². The lowest BCUT2D eigenvalue weighted by Gasteiger charge is -2.26. The van der Waals surface area contributed by atoms with E-state index >= 15 is 0 Å². The highest BCUT2D eigenvalue weighted by atomic mass is 32.2. The van der Waals surface area contributed by atoms with E-state index in [2.05, 4.69) is 21.9 Å². The van der Waals surface area contributed by atoms with Gasteiger partial charge in [0.1, 0.15) is 5.69 Å². The van der Waals surface area contributed by atoms with Crippen molar-refractivity contribution in [3.8, 4) is 0 Å². The van der Waals surface area contributed by atoms with Gasteiger partial charge in [-0.25, -0.2) is 13.1 Å². The Labute approximate surface area is 173 Å². The maximum atomic E-state index is 12.8. The summed E-state index contributed by atoms with van der Waals surface area (Å²) >= 11 is 0. The molecule has 1 aromatic rings. The normalized spacial score (nSPS) is 23.7. The summed E-state index contributed by atoms with van der Waals surface area (Å²) in [5.41, 5.74) is 0.145. The third-order valence-corrected chi connectivity index (χ3v) is 7.66. The summed E-state index contributed by atoms with van der Waals surface area (Å²) in [7, 11) is 0.224. The zero-order valence-corrected chi connectivity index (χ0v) is 18.2. The molecule has 9 heteroatoms. The maximum Gasteiger partial charge on any atom is 0.293 e. The standard InChI is InChI=1S/C20H32N4O4S/c1-14-4-8-16(9-5-14)22-29(27,28)17-10-11-18(19(12-17)24(25)26)21-13-20(23(2)3)15-6-7-15/h10-12,14-16,20-22H,4-9,13H2,1-3H3. The number of nitrogens with zero attached hydrogens (tertiary/aromatic N) is 2. The SMILES string of the molecule is CC1CCC(NS(=O)(=O)c2ccc(NCC(C3CC3)N(C)C)c([N+](=O)[O-])c2)CC1. The van der Waals surface area contributed by atoms with E-state index in [9.17, 15) is 18.5 Å². The van der Waals surface area contributed by atoms with Gasteiger partial charge in [0.25, 0.3) is 5.69 Å². The minimum atomic E-state index is -3.79. The molecule has 162 valence electrons. The Morgan fingerprint density at radius 3 is 2.38 bits per heavy atom. The van der Waals surface area contributed by atoms with E-state index in [1.54, 1.807) is 0 Å². The first-order valence-corrected chi connectivity index (χ1v) is 11.9. The van der Waals surface area contributed by atoms with Crippen LogP contribution < -0.4 is 10.0 Å². The molecule has 0 heterocycles. The Morgan fingerprint density at radius 2 is 1.83 bits per heavy atom. The van der Waals surface area contributed by atoms with Gasteiger partial charge in [-0.3, -0.25) is 10.1 Å². The van der Waals surface area contributed by atoms with E-state index in [0.717, 1.165) is 31.7 Å². The van der Waals surface area contributed by atoms with E-state index in [1.165, 1.54) is 25.0 Å². The number of hydrogen-bond donors (Lipinski definition) is 2. The molecule has 0 radical (unpaired) electrons. The number of rotatable bonds is 9. The number of nitrogens with one attached hydrogen (secondary N) is 2. The average Bonchev–Trinajstić information content (AvgIpc) is 3.48. The van der Waals surface area contributed by atoms with Gasteiger partial charge in [0, 0.05) is 24.7 Å². The van der Waals surface area contributed by atoms with Crippen LogP contribution in [0, 0.1) is 22.0 Å². The van der Waals surface area contributed by atoms with Gasteiger partial charge < -0.3 is 10.2 Å². The molecule has 0 spiro atoms. The summed E-state index contributed by atoms with van der Waals surface area (Å²) in [6, 6.07) is 4.32. The fourth-order valence-electron chi connectivity index (χ4n) is 4.11. The van der Waals surface area contributed by atoms with Crippen LogP contribution in [0.3, 0.4) is 0 Å². The lowest BCUT2D eigenvalue weighted by Crippen LogP contribution is -2.37. The first-order chi connectivity index (χ1) is 13.7. The lowest BCUT2D eigenvalue weighted by atomic mass is 9.88. The molecule has 1 atom stereocenters. The molecule has 2 aliphatic rings. The van der Waals surface area contributed by atoms with E-state index in [-0.39, 0.29) is 16.6 Å². The van der Waals surface area contributed by atoms with Crippen LogP contribution in [0.4, 0.5) is 11.4 Å². The lowest BCUT2D eigenvalue weighted by molar-refractivity contribution is -0.384. The molecule has 1 unspecified atom stereocenters. The molecule has 0 saturated heterocycles. The summed E-state index contributed by atoms with van der Waals surface area (Å²) in [6.07, 6.45) is 5.93. The van der Waals surface area contributed by atoms with Gasteiger partial charge in [0.2, 0.25) is 10.0 Å². The third kappa shape index (κ3) is 5.67. The van der Waals surface area contributed by atoms with Crippen LogP contribution in [0.2, 0.25) is 0 Å². The largest absolute Gasteiger partial charge is 0.378 e. The maximum absolute atomic E-state index is 12.8. The van der Waals surface area contributed by atoms with Crippen molar-refractivity contribution in [1.29, 1.82) is 0 Å². The van der Waals surface area contributed by atoms with Gasteiger partial charge in [-0.1, -0.05) is 6.92 Å². The van der Waals surface area contributed by atoms with Gasteiger partial charge in [0.15, 0.2) is 0 Å². The number of anilines is 1. The fraction of sp³-hybridized carbons (Fsp3) is 0.700. The van der Waals surface area contributed by atoms with Crippen molar-refractivity contribution in [3.05, 3.63) is 28.3 Å². The Kier molecular flexibility index (Phi) is 6.80. The Balaban J connectivity index is 1.73. The molecule has 1 aromatic carbocycles. The Morgan fingerprint density at radius 1 is 1.17 bits per heavy atom. The van der Waals surface area contributed by atoms with Gasteiger partial charge in [-0.05, 0) is 76.6 Å². The molecule has 0 amide bonds. The van der Waals surface area contributed by atoms with E-state index in [4.69, 9.17) is 0 Å². The highest BCUT2D eigenvalue weighted by molar-refractivity contribution is 7.89. The second-order valence-electron chi connectivity index (χ2n) is 8.76. The number of benzene rings is 1. The highest BCUT2D eigenvalue weighted by Gasteiger charge is 2.33. The van der Waals surface area contributed by atoms with Crippen molar-refractivity contribution in [2.24, 2.45) is 11.8 Å². The molecule has 2 saturated carbocycles. The Hall–Kier alpha value is -1.71. The van der Waals surface area contributed by atoms with Crippen LogP contribution >= 0.6 is 0 Å². The summed E-state index contributed by atoms with van der Waals surface area (Å²) in [5.74, 6) is 1.22. The van der Waals surface area contributed by atoms with Crippen molar-refractivity contribution in [2.45, 2.75) is 62.4 Å². The molecule has 2 aliphatic carbocycles. The number of sulfonamides is 1. The van der Waals surface area contributed by atoms with Crippen LogP contribution in [0.5, 0.6) is 0 Å². The van der Waals surface area contributed by atoms with Gasteiger partial charge >= 0.3 is 0 Å². The smallest absolute Gasteiger partial charge is 0.293 e. The minimum Gasteiger partial charge on any atom is -0.378 e. The molecule has 0 bridgehead atoms. The molecular weight excluding hydrogens is 392 g/mol. The summed E-state index contributed by atoms with van der Waals surface area (Å²) in [6.45, 7) is 2.76. The van der Waals surface area contributed by atoms with Crippen molar-refractivity contribution >= 4 is 21.4 Å². The number of nitro groups is 1. The van der Waals surface area contributed by atoms with Crippen molar-refractivity contribution in [3.63, 3.8) is 0 Å². The predicted octanol–water partition coefficient (Wildman–Crippen LogP) is 3.20. The zero-order chi connectivity index (χ0) is 21.2. The molecule has 2 N–H and O–H groups in total. The predicted molar refractivity (Wildman–Crippen MR) is 114 cm³/mol. The second kappa shape index (κ2) is 8.97. The van der Waals surface area contributed by atoms with E-state index < -0.39 is 14.9 Å². The van der Waals surface area contributed by atoms with Crippen LogP contribution in [0.1, 0.15) is 45.4 Å². The molecular formula is C20H32N4O4S. The van der Waals surface area contributed by atoms with Crippen LogP contribution in [-0.2, 0) is 10.0 Å². The average molecular weight is 425 g/mol. The minimum absolute atomic E-state index is 0.0558. The zero-order valence-electron chi connectivity index (χ0n) is 17.4. The van der Waals surface area contributed by atoms with Gasteiger partial charge in [-0.15, -0.1) is 0 Å². The van der Waals surface area contributed by atoms with Crippen LogP contribution in [0.15, 0.2) is 23.1 Å². The number of hydrogen-bond acceptors (Lipinski definition) is 6. The molecule has 0 aliphatic heterocycles. The van der Waals surface area contributed by atoms with Crippen LogP contribution in [-0.4, -0.2) is 51.0 Å². The number of likely N-dealkylation sites (N-methyl/N-ethyl adjacent to an activating group) is 1. The highest BCUT2D eigenvalue weighted by Crippen LogP contribution is 2.35. The summed E-state index contributed by atoms with van der Waals surface area (Å²) in [5, 5.41) is 14.8. The fourth-order valence-corrected chi connectivity index (χ4v) is 5.44. The number of nitro benzene ring substituents is 1. The van der Waals surface area contributed by atoms with Crippen molar-refractivity contribution in [2.75, 3.05) is 26.0 Å². The van der Waals surface area contributed by atoms with Gasteiger partial charge in [0.05, 0.1) is 9.82 Å². The van der Waals surface area contributed by atoms with Crippen molar-refractivity contribution < 1.29 is 13.3 Å². The van der Waals surface area contributed by atoms with Gasteiger partial charge in [-0.2, -0.15) is 0 Å². The molecule has 0 aromatic heterocycles. The molecule has 8 nitrogen and oxygen atoms in total. The first-order valence-electron chi connectivity index (χ1n) is 10.4. The van der Waals surface area contributed by atoms with E-state index in [1.807, 2.05) is 14.1 Å².